The minimum atomic E-state index is 0.504. The van der Waals surface area contributed by atoms with Gasteiger partial charge in [0.25, 0.3) is 0 Å². The molecule has 1 atom stereocenters. The van der Waals surface area contributed by atoms with Crippen LogP contribution < -0.4 is 10.2 Å². The smallest absolute Gasteiger partial charge is 0.137 e. The topological polar surface area (TPSA) is 41.1 Å². The molecule has 114 valence electrons. The van der Waals surface area contributed by atoms with Crippen molar-refractivity contribution in [2.45, 2.75) is 66.3 Å². The summed E-state index contributed by atoms with van der Waals surface area (Å²) in [5.74, 6) is 2.12. The highest BCUT2D eigenvalue weighted by molar-refractivity contribution is 5.59. The number of hydrogen-bond acceptors (Lipinski definition) is 4. The molecule has 0 saturated heterocycles. The van der Waals surface area contributed by atoms with Gasteiger partial charge in [-0.1, -0.05) is 27.2 Å². The van der Waals surface area contributed by atoms with Crippen molar-refractivity contribution < 1.29 is 0 Å². The van der Waals surface area contributed by atoms with Gasteiger partial charge in [-0.25, -0.2) is 9.97 Å². The summed E-state index contributed by atoms with van der Waals surface area (Å²) >= 11 is 0. The monoisotopic (exact) mass is 278 g/mol. The van der Waals surface area contributed by atoms with Crippen LogP contribution in [-0.4, -0.2) is 29.1 Å². The Kier molecular flexibility index (Phi) is 7.34. The maximum atomic E-state index is 4.58. The molecule has 1 aromatic rings. The molecule has 0 aliphatic carbocycles. The Bertz CT molecular complexity index is 392. The predicted molar refractivity (Wildman–Crippen MR) is 87.6 cm³/mol. The average molecular weight is 278 g/mol. The SMILES string of the molecule is CCCNc1ncnc(N(CC)C(C)CC)c1CCC. The highest BCUT2D eigenvalue weighted by Crippen LogP contribution is 2.27. The van der Waals surface area contributed by atoms with Crippen molar-refractivity contribution in [1.82, 2.24) is 9.97 Å². The molecule has 0 radical (unpaired) electrons. The number of nitrogens with one attached hydrogen (secondary N) is 1. The number of anilines is 2. The van der Waals surface area contributed by atoms with Crippen molar-refractivity contribution in [3.8, 4) is 0 Å². The van der Waals surface area contributed by atoms with Crippen molar-refractivity contribution in [3.63, 3.8) is 0 Å². The first kappa shape index (κ1) is 16.7. The lowest BCUT2D eigenvalue weighted by molar-refractivity contribution is 0.618. The van der Waals surface area contributed by atoms with Crippen LogP contribution in [0.5, 0.6) is 0 Å². The lowest BCUT2D eigenvalue weighted by atomic mass is 10.1. The zero-order chi connectivity index (χ0) is 15.0. The number of rotatable bonds is 9. The minimum absolute atomic E-state index is 0.504. The molecule has 0 aliphatic heterocycles. The van der Waals surface area contributed by atoms with E-state index in [9.17, 15) is 0 Å². The molecule has 0 fully saturated rings. The molecule has 1 rings (SSSR count). The fourth-order valence-electron chi connectivity index (χ4n) is 2.42. The first-order chi connectivity index (χ1) is 9.69. The largest absolute Gasteiger partial charge is 0.370 e. The Hall–Kier alpha value is -1.32. The minimum Gasteiger partial charge on any atom is -0.370 e. The maximum absolute atomic E-state index is 4.58. The normalized spacial score (nSPS) is 12.2. The van der Waals surface area contributed by atoms with Crippen molar-refractivity contribution >= 4 is 11.6 Å². The molecule has 20 heavy (non-hydrogen) atoms. The second-order valence-electron chi connectivity index (χ2n) is 5.24. The third-order valence-electron chi connectivity index (χ3n) is 3.70. The molecular formula is C16H30N4. The van der Waals surface area contributed by atoms with Crippen LogP contribution in [0.2, 0.25) is 0 Å². The second-order valence-corrected chi connectivity index (χ2v) is 5.24. The van der Waals surface area contributed by atoms with Crippen LogP contribution in [-0.2, 0) is 6.42 Å². The zero-order valence-corrected chi connectivity index (χ0v) is 13.7. The first-order valence-corrected chi connectivity index (χ1v) is 8.03. The van der Waals surface area contributed by atoms with Crippen LogP contribution in [0.15, 0.2) is 6.33 Å². The first-order valence-electron chi connectivity index (χ1n) is 8.03. The van der Waals surface area contributed by atoms with Gasteiger partial charge in [0.2, 0.25) is 0 Å². The maximum Gasteiger partial charge on any atom is 0.137 e. The van der Waals surface area contributed by atoms with E-state index in [1.807, 2.05) is 0 Å². The molecule has 0 aromatic carbocycles. The summed E-state index contributed by atoms with van der Waals surface area (Å²) in [6.07, 6.45) is 6.06. The van der Waals surface area contributed by atoms with Crippen LogP contribution in [0, 0.1) is 0 Å². The standard InChI is InChI=1S/C16H30N4/c1-6-10-14-15(17-11-7-2)18-12-19-16(14)20(9-4)13(5)8-3/h12-13H,6-11H2,1-5H3,(H,17,18,19). The summed E-state index contributed by atoms with van der Waals surface area (Å²) in [4.78, 5) is 11.4. The van der Waals surface area contributed by atoms with Gasteiger partial charge in [0.05, 0.1) is 0 Å². The van der Waals surface area contributed by atoms with Gasteiger partial charge in [-0.15, -0.1) is 0 Å². The lowest BCUT2D eigenvalue weighted by Crippen LogP contribution is -2.34. The summed E-state index contributed by atoms with van der Waals surface area (Å²) in [5, 5.41) is 3.45. The van der Waals surface area contributed by atoms with Gasteiger partial charge < -0.3 is 10.2 Å². The summed E-state index contributed by atoms with van der Waals surface area (Å²) < 4.78 is 0. The van der Waals surface area contributed by atoms with Crippen molar-refractivity contribution in [2.24, 2.45) is 0 Å². The van der Waals surface area contributed by atoms with Gasteiger partial charge >= 0.3 is 0 Å². The van der Waals surface area contributed by atoms with E-state index in [2.05, 4.69) is 54.8 Å². The third kappa shape index (κ3) is 4.09. The Balaban J connectivity index is 3.15. The van der Waals surface area contributed by atoms with Gasteiger partial charge in [0.15, 0.2) is 0 Å². The highest BCUT2D eigenvalue weighted by Gasteiger charge is 2.18. The molecule has 1 unspecified atom stereocenters. The molecule has 0 spiro atoms. The van der Waals surface area contributed by atoms with Gasteiger partial charge in [0, 0.05) is 24.7 Å². The Morgan fingerprint density at radius 1 is 1.15 bits per heavy atom. The molecule has 4 nitrogen and oxygen atoms in total. The Labute approximate surface area is 124 Å². The Morgan fingerprint density at radius 3 is 2.45 bits per heavy atom. The molecule has 0 bridgehead atoms. The van der Waals surface area contributed by atoms with E-state index in [0.29, 0.717) is 6.04 Å². The third-order valence-corrected chi connectivity index (χ3v) is 3.70. The summed E-state index contributed by atoms with van der Waals surface area (Å²) in [5.41, 5.74) is 1.27. The molecule has 0 aliphatic rings. The van der Waals surface area contributed by atoms with Crippen molar-refractivity contribution in [2.75, 3.05) is 23.3 Å². The molecule has 1 aromatic heterocycles. The van der Waals surface area contributed by atoms with Gasteiger partial charge in [-0.3, -0.25) is 0 Å². The molecule has 1 N–H and O–H groups in total. The van der Waals surface area contributed by atoms with E-state index >= 15 is 0 Å². The molecular weight excluding hydrogens is 248 g/mol. The fourth-order valence-corrected chi connectivity index (χ4v) is 2.42. The lowest BCUT2D eigenvalue weighted by Gasteiger charge is -2.30. The van der Waals surface area contributed by atoms with Gasteiger partial charge in [-0.2, -0.15) is 0 Å². The molecule has 4 heteroatoms. The van der Waals surface area contributed by atoms with Crippen LogP contribution >= 0.6 is 0 Å². The van der Waals surface area contributed by atoms with E-state index in [1.165, 1.54) is 5.56 Å². The van der Waals surface area contributed by atoms with E-state index < -0.39 is 0 Å². The van der Waals surface area contributed by atoms with Crippen LogP contribution in [0.1, 0.15) is 59.4 Å². The van der Waals surface area contributed by atoms with E-state index in [-0.39, 0.29) is 0 Å². The van der Waals surface area contributed by atoms with Crippen LogP contribution in [0.3, 0.4) is 0 Å². The van der Waals surface area contributed by atoms with Crippen molar-refractivity contribution in [3.05, 3.63) is 11.9 Å². The summed E-state index contributed by atoms with van der Waals surface area (Å²) in [6, 6.07) is 0.504. The van der Waals surface area contributed by atoms with Gasteiger partial charge in [0.1, 0.15) is 18.0 Å². The Morgan fingerprint density at radius 2 is 1.90 bits per heavy atom. The van der Waals surface area contributed by atoms with Gasteiger partial charge in [-0.05, 0) is 33.1 Å². The highest BCUT2D eigenvalue weighted by atomic mass is 15.2. The summed E-state index contributed by atoms with van der Waals surface area (Å²) in [6.45, 7) is 13.0. The molecule has 0 amide bonds. The van der Waals surface area contributed by atoms with E-state index in [1.54, 1.807) is 6.33 Å². The molecule has 0 saturated carbocycles. The quantitative estimate of drug-likeness (QED) is 0.744. The van der Waals surface area contributed by atoms with Crippen molar-refractivity contribution in [1.29, 1.82) is 0 Å². The second kappa shape index (κ2) is 8.77. The fraction of sp³-hybridized carbons (Fsp3) is 0.750. The molecule has 1 heterocycles. The number of nitrogens with zero attached hydrogens (tertiary/aromatic N) is 3. The zero-order valence-electron chi connectivity index (χ0n) is 13.7. The van der Waals surface area contributed by atoms with Crippen LogP contribution in [0.4, 0.5) is 11.6 Å². The van der Waals surface area contributed by atoms with Crippen LogP contribution in [0.25, 0.3) is 0 Å². The number of hydrogen-bond donors (Lipinski definition) is 1. The van der Waals surface area contributed by atoms with E-state index in [4.69, 9.17) is 0 Å². The average Bonchev–Trinajstić information content (AvgIpc) is 2.47. The summed E-state index contributed by atoms with van der Waals surface area (Å²) in [7, 11) is 0. The number of aromatic nitrogens is 2. The van der Waals surface area contributed by atoms with E-state index in [0.717, 1.165) is 50.4 Å². The predicted octanol–water partition coefficient (Wildman–Crippen LogP) is 3.88.